The van der Waals surface area contributed by atoms with Gasteiger partial charge in [0.15, 0.2) is 0 Å². The van der Waals surface area contributed by atoms with Crippen molar-refractivity contribution in [3.05, 3.63) is 34.4 Å². The van der Waals surface area contributed by atoms with Crippen LogP contribution >= 0.6 is 0 Å². The third kappa shape index (κ3) is 2.85. The molecular formula is C27H36O8. The Morgan fingerprint density at radius 1 is 1.09 bits per heavy atom. The minimum atomic E-state index is -1.29. The van der Waals surface area contributed by atoms with Crippen molar-refractivity contribution in [3.8, 4) is 0 Å². The number of carbonyl (C=O) groups excluding carboxylic acids is 2. The van der Waals surface area contributed by atoms with E-state index in [4.69, 9.17) is 18.6 Å². The molecule has 2 bridgehead atoms. The highest BCUT2D eigenvalue weighted by Crippen LogP contribution is 2.71. The number of rotatable bonds is 2. The van der Waals surface area contributed by atoms with Crippen LogP contribution in [0.3, 0.4) is 0 Å². The maximum atomic E-state index is 13.9. The molecule has 35 heavy (non-hydrogen) atoms. The summed E-state index contributed by atoms with van der Waals surface area (Å²) in [6.45, 7) is 9.65. The SMILES string of the molecule is CC.CC1OC2(C)OCC3(CCC4C(CC(=O)C5(C)C(c6ccc(=O)oc6)CCC45O)C13C=O)O2. The Hall–Kier alpha value is -1.87. The minimum absolute atomic E-state index is 0.0716. The highest BCUT2D eigenvalue weighted by molar-refractivity contribution is 5.90. The van der Waals surface area contributed by atoms with Crippen LogP contribution in [0.2, 0.25) is 0 Å². The van der Waals surface area contributed by atoms with Crippen molar-refractivity contribution in [3.63, 3.8) is 0 Å². The van der Waals surface area contributed by atoms with Crippen LogP contribution in [-0.2, 0) is 23.8 Å². The van der Waals surface area contributed by atoms with Crippen LogP contribution in [0.4, 0.5) is 0 Å². The minimum Gasteiger partial charge on any atom is -0.431 e. The molecule has 1 spiro atoms. The van der Waals surface area contributed by atoms with E-state index in [-0.39, 0.29) is 30.6 Å². The second-order valence-electron chi connectivity index (χ2n) is 11.0. The van der Waals surface area contributed by atoms with Crippen LogP contribution < -0.4 is 5.63 Å². The molecule has 3 aliphatic carbocycles. The van der Waals surface area contributed by atoms with E-state index < -0.39 is 45.7 Å². The number of fused-ring (bicyclic) bond motifs is 5. The summed E-state index contributed by atoms with van der Waals surface area (Å²) in [5.41, 5.74) is -3.98. The second-order valence-corrected chi connectivity index (χ2v) is 11.0. The molecule has 2 aliphatic heterocycles. The Bertz CT molecular complexity index is 1080. The summed E-state index contributed by atoms with van der Waals surface area (Å²) in [6.07, 6.45) is 4.17. The van der Waals surface area contributed by atoms with Gasteiger partial charge in [-0.1, -0.05) is 13.8 Å². The first-order valence-corrected chi connectivity index (χ1v) is 12.9. The van der Waals surface area contributed by atoms with E-state index in [0.29, 0.717) is 25.7 Å². The molecule has 0 radical (unpaired) electrons. The lowest BCUT2D eigenvalue weighted by Crippen LogP contribution is -2.74. The van der Waals surface area contributed by atoms with Crippen LogP contribution in [-0.4, -0.2) is 47.1 Å². The fourth-order valence-corrected chi connectivity index (χ4v) is 8.50. The fourth-order valence-electron chi connectivity index (χ4n) is 8.50. The van der Waals surface area contributed by atoms with E-state index in [1.54, 1.807) is 13.0 Å². The van der Waals surface area contributed by atoms with Crippen molar-refractivity contribution in [2.75, 3.05) is 6.61 Å². The van der Waals surface area contributed by atoms with Crippen molar-refractivity contribution < 1.29 is 33.3 Å². The van der Waals surface area contributed by atoms with Gasteiger partial charge in [0.25, 0.3) is 5.97 Å². The van der Waals surface area contributed by atoms with E-state index in [1.165, 1.54) is 12.3 Å². The van der Waals surface area contributed by atoms with Crippen molar-refractivity contribution in [2.24, 2.45) is 22.7 Å². The maximum absolute atomic E-state index is 13.9. The van der Waals surface area contributed by atoms with Crippen LogP contribution in [0.1, 0.15) is 78.2 Å². The molecule has 2 saturated heterocycles. The zero-order valence-electron chi connectivity index (χ0n) is 21.2. The number of hydrogen-bond acceptors (Lipinski definition) is 8. The number of carbonyl (C=O) groups is 2. The third-order valence-corrected chi connectivity index (χ3v) is 10.1. The number of hydrogen-bond donors (Lipinski definition) is 1. The van der Waals surface area contributed by atoms with Crippen LogP contribution in [0.5, 0.6) is 0 Å². The van der Waals surface area contributed by atoms with Gasteiger partial charge >= 0.3 is 5.63 Å². The van der Waals surface area contributed by atoms with E-state index >= 15 is 0 Å². The molecule has 8 nitrogen and oxygen atoms in total. The topological polar surface area (TPSA) is 112 Å². The van der Waals surface area contributed by atoms with Gasteiger partial charge in [-0.25, -0.2) is 4.79 Å². The van der Waals surface area contributed by atoms with Gasteiger partial charge in [-0.3, -0.25) is 4.79 Å². The number of aliphatic hydroxyl groups is 1. The molecule has 3 heterocycles. The molecule has 192 valence electrons. The molecule has 6 rings (SSSR count). The lowest BCUT2D eigenvalue weighted by molar-refractivity contribution is -0.414. The highest BCUT2D eigenvalue weighted by atomic mass is 16.9. The van der Waals surface area contributed by atoms with E-state index in [9.17, 15) is 19.5 Å². The average molecular weight is 489 g/mol. The summed E-state index contributed by atoms with van der Waals surface area (Å²) in [4.78, 5) is 38.3. The molecule has 1 aromatic heterocycles. The maximum Gasteiger partial charge on any atom is 0.335 e. The molecular weight excluding hydrogens is 452 g/mol. The lowest BCUT2D eigenvalue weighted by Gasteiger charge is -2.65. The van der Waals surface area contributed by atoms with E-state index in [1.807, 2.05) is 27.7 Å². The van der Waals surface area contributed by atoms with Gasteiger partial charge in [0.1, 0.15) is 17.7 Å². The summed E-state index contributed by atoms with van der Waals surface area (Å²) >= 11 is 0. The second kappa shape index (κ2) is 7.81. The Balaban J connectivity index is 0.00000124. The zero-order valence-corrected chi connectivity index (χ0v) is 21.2. The Morgan fingerprint density at radius 2 is 1.83 bits per heavy atom. The zero-order chi connectivity index (χ0) is 25.4. The molecule has 8 heteroatoms. The predicted molar refractivity (Wildman–Crippen MR) is 124 cm³/mol. The first-order chi connectivity index (χ1) is 16.6. The monoisotopic (exact) mass is 488 g/mol. The highest BCUT2D eigenvalue weighted by Gasteiger charge is 2.78. The summed E-state index contributed by atoms with van der Waals surface area (Å²) in [7, 11) is 0. The molecule has 3 saturated carbocycles. The predicted octanol–water partition coefficient (Wildman–Crippen LogP) is 3.34. The van der Waals surface area contributed by atoms with E-state index in [0.717, 1.165) is 11.8 Å². The van der Waals surface area contributed by atoms with Gasteiger partial charge < -0.3 is 28.5 Å². The van der Waals surface area contributed by atoms with Crippen molar-refractivity contribution in [1.29, 1.82) is 0 Å². The van der Waals surface area contributed by atoms with Gasteiger partial charge in [0.2, 0.25) is 0 Å². The fraction of sp³-hybridized carbons (Fsp3) is 0.741. The summed E-state index contributed by atoms with van der Waals surface area (Å²) in [6, 6.07) is 3.05. The van der Waals surface area contributed by atoms with Crippen molar-refractivity contribution in [2.45, 2.75) is 95.9 Å². The number of Topliss-reactive ketones (excluding diaryl/α,β-unsaturated/α-hetero) is 1. The molecule has 9 atom stereocenters. The van der Waals surface area contributed by atoms with Crippen LogP contribution in [0, 0.1) is 22.7 Å². The Morgan fingerprint density at radius 3 is 2.49 bits per heavy atom. The molecule has 9 unspecified atom stereocenters. The molecule has 0 aromatic carbocycles. The molecule has 1 N–H and O–H groups in total. The quantitative estimate of drug-likeness (QED) is 0.631. The Labute approximate surface area is 205 Å². The third-order valence-electron chi connectivity index (χ3n) is 10.1. The van der Waals surface area contributed by atoms with Gasteiger partial charge in [-0.15, -0.1) is 0 Å². The largest absolute Gasteiger partial charge is 0.431 e. The molecule has 5 fully saturated rings. The summed E-state index contributed by atoms with van der Waals surface area (Å²) < 4.78 is 23.3. The van der Waals surface area contributed by atoms with Gasteiger partial charge in [0.05, 0.1) is 35.4 Å². The molecule has 1 aromatic rings. The van der Waals surface area contributed by atoms with Crippen molar-refractivity contribution in [1.82, 2.24) is 0 Å². The smallest absolute Gasteiger partial charge is 0.335 e. The molecule has 0 amide bonds. The lowest BCUT2D eigenvalue weighted by atomic mass is 9.42. The normalized spacial score (nSPS) is 49.8. The van der Waals surface area contributed by atoms with Gasteiger partial charge in [0, 0.05) is 25.3 Å². The first kappa shape index (κ1) is 24.8. The summed E-state index contributed by atoms with van der Waals surface area (Å²) in [5, 5.41) is 12.3. The Kier molecular flexibility index (Phi) is 5.54. The van der Waals surface area contributed by atoms with E-state index in [2.05, 4.69) is 0 Å². The van der Waals surface area contributed by atoms with Crippen molar-refractivity contribution >= 4 is 12.1 Å². The summed E-state index contributed by atoms with van der Waals surface area (Å²) in [5.74, 6) is -2.21. The number of ketones is 1. The molecule has 5 aliphatic rings. The average Bonchev–Trinajstić information content (AvgIpc) is 3.28. The van der Waals surface area contributed by atoms with Gasteiger partial charge in [-0.2, -0.15) is 0 Å². The van der Waals surface area contributed by atoms with Gasteiger partial charge in [-0.05, 0) is 63.0 Å². The van der Waals surface area contributed by atoms with Crippen LogP contribution in [0.25, 0.3) is 0 Å². The number of aldehydes is 1. The van der Waals surface area contributed by atoms with Crippen LogP contribution in [0.15, 0.2) is 27.6 Å². The first-order valence-electron chi connectivity index (χ1n) is 12.9. The number of ether oxygens (including phenoxy) is 3. The standard InChI is InChI=1S/C25H30O8.C2H6/c1-14-24(12-26)18-10-19(27)21(2)16(15-4-5-20(28)30-11-15)7-9-25(21,29)17(18)6-8-23(24)13-31-22(3,32-14)33-23;1-2/h4-5,11-12,14,16-18,29H,6-10,13H2,1-3H3;1-2H3.